The van der Waals surface area contributed by atoms with Gasteiger partial charge >= 0.3 is 6.03 Å². The van der Waals surface area contributed by atoms with Crippen LogP contribution in [0.3, 0.4) is 0 Å². The molecule has 0 fully saturated rings. The molecule has 0 atom stereocenters. The minimum Gasteiger partial charge on any atom is -0.339 e. The van der Waals surface area contributed by atoms with Crippen LogP contribution >= 0.6 is 0 Å². The first-order valence-electron chi connectivity index (χ1n) is 11.0. The number of urea groups is 1. The number of para-hydroxylation sites is 1. The number of fused-ring (bicyclic) bond motifs is 1. The predicted molar refractivity (Wildman–Crippen MR) is 131 cm³/mol. The van der Waals surface area contributed by atoms with Gasteiger partial charge in [-0.3, -0.25) is 0 Å². The number of nitrogens with zero attached hydrogens (tertiary/aromatic N) is 1. The summed E-state index contributed by atoms with van der Waals surface area (Å²) in [5.74, 6) is -0.573. The molecule has 6 nitrogen and oxygen atoms in total. The number of halogens is 1. The standard InChI is InChI=1S/C26H26FN3O3S/c1-19-25(23-9-5-6-10-24(23)30(19)18-21-7-3-2-4-8-21)34(32,33)16-15-28-26(31)29-17-20-11-13-22(27)14-12-20/h2-14H,15-18H2,1H3,(H2,28,29,31). The van der Waals surface area contributed by atoms with E-state index in [0.717, 1.165) is 16.6 Å². The van der Waals surface area contributed by atoms with Crippen molar-refractivity contribution in [2.24, 2.45) is 0 Å². The normalized spacial score (nSPS) is 11.5. The van der Waals surface area contributed by atoms with Crippen LogP contribution in [-0.2, 0) is 22.9 Å². The van der Waals surface area contributed by atoms with Gasteiger partial charge in [0, 0.05) is 36.2 Å². The maximum Gasteiger partial charge on any atom is 0.315 e. The highest BCUT2D eigenvalue weighted by Crippen LogP contribution is 2.31. The average Bonchev–Trinajstić information content (AvgIpc) is 3.11. The Morgan fingerprint density at radius 2 is 1.56 bits per heavy atom. The zero-order chi connectivity index (χ0) is 24.1. The van der Waals surface area contributed by atoms with Crippen molar-refractivity contribution < 1.29 is 17.6 Å². The van der Waals surface area contributed by atoms with Gasteiger partial charge in [-0.05, 0) is 36.2 Å². The highest BCUT2D eigenvalue weighted by Gasteiger charge is 2.25. The smallest absolute Gasteiger partial charge is 0.315 e. The number of carbonyl (C=O) groups is 1. The van der Waals surface area contributed by atoms with Crippen LogP contribution in [0, 0.1) is 12.7 Å². The number of carbonyl (C=O) groups excluding carboxylic acids is 1. The van der Waals surface area contributed by atoms with Crippen LogP contribution in [0.5, 0.6) is 0 Å². The molecule has 34 heavy (non-hydrogen) atoms. The lowest BCUT2D eigenvalue weighted by Crippen LogP contribution is -2.37. The fourth-order valence-corrected chi connectivity index (χ4v) is 5.65. The number of hydrogen-bond donors (Lipinski definition) is 2. The second-order valence-electron chi connectivity index (χ2n) is 8.06. The van der Waals surface area contributed by atoms with Crippen molar-refractivity contribution in [1.29, 1.82) is 0 Å². The predicted octanol–water partition coefficient (Wildman–Crippen LogP) is 4.41. The molecular weight excluding hydrogens is 453 g/mol. The molecule has 0 bridgehead atoms. The monoisotopic (exact) mass is 479 g/mol. The van der Waals surface area contributed by atoms with Crippen LogP contribution in [0.1, 0.15) is 16.8 Å². The van der Waals surface area contributed by atoms with Crippen molar-refractivity contribution in [1.82, 2.24) is 15.2 Å². The molecule has 0 aliphatic carbocycles. The van der Waals surface area contributed by atoms with Gasteiger partial charge in [-0.25, -0.2) is 17.6 Å². The second-order valence-corrected chi connectivity index (χ2v) is 10.1. The molecule has 0 aliphatic heterocycles. The first kappa shape index (κ1) is 23.5. The molecule has 2 N–H and O–H groups in total. The largest absolute Gasteiger partial charge is 0.339 e. The van der Waals surface area contributed by atoms with Crippen LogP contribution in [0.25, 0.3) is 10.9 Å². The third-order valence-electron chi connectivity index (χ3n) is 5.69. The van der Waals surface area contributed by atoms with Crippen molar-refractivity contribution in [3.8, 4) is 0 Å². The summed E-state index contributed by atoms with van der Waals surface area (Å²) in [6.07, 6.45) is 0. The number of aromatic nitrogens is 1. The second kappa shape index (κ2) is 10.1. The van der Waals surface area contributed by atoms with Gasteiger partial charge in [-0.1, -0.05) is 60.7 Å². The summed E-state index contributed by atoms with van der Waals surface area (Å²) >= 11 is 0. The molecule has 176 valence electrons. The van der Waals surface area contributed by atoms with E-state index in [4.69, 9.17) is 0 Å². The lowest BCUT2D eigenvalue weighted by atomic mass is 10.2. The van der Waals surface area contributed by atoms with E-state index in [1.54, 1.807) is 12.1 Å². The Bertz CT molecular complexity index is 1400. The van der Waals surface area contributed by atoms with E-state index in [2.05, 4.69) is 10.6 Å². The van der Waals surface area contributed by atoms with Gasteiger partial charge in [0.15, 0.2) is 9.84 Å². The fourth-order valence-electron chi connectivity index (χ4n) is 4.01. The van der Waals surface area contributed by atoms with Gasteiger partial charge in [0.2, 0.25) is 0 Å². The molecule has 4 rings (SSSR count). The molecule has 2 amide bonds. The topological polar surface area (TPSA) is 80.2 Å². The van der Waals surface area contributed by atoms with Gasteiger partial charge in [0.1, 0.15) is 5.82 Å². The van der Waals surface area contributed by atoms with Crippen molar-refractivity contribution in [3.63, 3.8) is 0 Å². The van der Waals surface area contributed by atoms with Gasteiger partial charge in [-0.15, -0.1) is 0 Å². The first-order chi connectivity index (χ1) is 16.3. The molecule has 0 unspecified atom stereocenters. The Morgan fingerprint density at radius 3 is 2.29 bits per heavy atom. The molecule has 1 heterocycles. The van der Waals surface area contributed by atoms with Crippen molar-refractivity contribution in [2.45, 2.75) is 24.9 Å². The maximum absolute atomic E-state index is 13.3. The minimum absolute atomic E-state index is 0.0325. The number of sulfone groups is 1. The van der Waals surface area contributed by atoms with Crippen LogP contribution in [0.4, 0.5) is 9.18 Å². The molecular formula is C26H26FN3O3S. The quantitative estimate of drug-likeness (QED) is 0.393. The lowest BCUT2D eigenvalue weighted by Gasteiger charge is -2.10. The minimum atomic E-state index is -3.66. The van der Waals surface area contributed by atoms with Crippen molar-refractivity contribution in [3.05, 3.63) is 102 Å². The van der Waals surface area contributed by atoms with Gasteiger partial charge in [0.05, 0.1) is 10.6 Å². The van der Waals surface area contributed by atoms with Gasteiger partial charge in [0.25, 0.3) is 0 Å². The van der Waals surface area contributed by atoms with E-state index in [1.165, 1.54) is 12.1 Å². The van der Waals surface area contributed by atoms with Gasteiger partial charge in [-0.2, -0.15) is 0 Å². The lowest BCUT2D eigenvalue weighted by molar-refractivity contribution is 0.241. The maximum atomic E-state index is 13.3. The summed E-state index contributed by atoms with van der Waals surface area (Å²) in [7, 11) is -3.66. The Balaban J connectivity index is 1.46. The molecule has 8 heteroatoms. The number of benzene rings is 3. The average molecular weight is 480 g/mol. The van der Waals surface area contributed by atoms with E-state index in [0.29, 0.717) is 22.5 Å². The number of nitrogens with one attached hydrogen (secondary N) is 2. The first-order valence-corrected chi connectivity index (χ1v) is 12.6. The Hall–Kier alpha value is -3.65. The zero-order valence-corrected chi connectivity index (χ0v) is 19.6. The Morgan fingerprint density at radius 1 is 0.882 bits per heavy atom. The van der Waals surface area contributed by atoms with Gasteiger partial charge < -0.3 is 15.2 Å². The third-order valence-corrected chi connectivity index (χ3v) is 7.57. The molecule has 1 aromatic heterocycles. The SMILES string of the molecule is Cc1c(S(=O)(=O)CCNC(=O)NCc2ccc(F)cc2)c2ccccc2n1Cc1ccccc1. The fraction of sp³-hybridized carbons (Fsp3) is 0.192. The van der Waals surface area contributed by atoms with E-state index >= 15 is 0 Å². The van der Waals surface area contributed by atoms with Crippen LogP contribution in [0.15, 0.2) is 83.8 Å². The number of amides is 2. The summed E-state index contributed by atoms with van der Waals surface area (Å²) in [6.45, 7) is 2.56. The van der Waals surface area contributed by atoms with Crippen molar-refractivity contribution >= 4 is 26.8 Å². The summed E-state index contributed by atoms with van der Waals surface area (Å²) in [6, 6.07) is 22.7. The van der Waals surface area contributed by atoms with E-state index < -0.39 is 15.9 Å². The van der Waals surface area contributed by atoms with Crippen molar-refractivity contribution in [2.75, 3.05) is 12.3 Å². The Labute approximate surface area is 198 Å². The molecule has 0 saturated heterocycles. The molecule has 3 aromatic carbocycles. The van der Waals surface area contributed by atoms with E-state index in [-0.39, 0.29) is 24.7 Å². The highest BCUT2D eigenvalue weighted by atomic mass is 32.2. The molecule has 4 aromatic rings. The summed E-state index contributed by atoms with van der Waals surface area (Å²) in [5.41, 5.74) is 3.35. The summed E-state index contributed by atoms with van der Waals surface area (Å²) in [4.78, 5) is 12.4. The molecule has 0 saturated carbocycles. The summed E-state index contributed by atoms with van der Waals surface area (Å²) < 4.78 is 41.6. The third kappa shape index (κ3) is 5.28. The number of rotatable bonds is 8. The van der Waals surface area contributed by atoms with E-state index in [9.17, 15) is 17.6 Å². The molecule has 0 spiro atoms. The van der Waals surface area contributed by atoms with Crippen LogP contribution in [-0.4, -0.2) is 31.3 Å². The van der Waals surface area contributed by atoms with Crippen LogP contribution < -0.4 is 10.6 Å². The number of hydrogen-bond acceptors (Lipinski definition) is 3. The molecule has 0 aliphatic rings. The zero-order valence-electron chi connectivity index (χ0n) is 18.8. The van der Waals surface area contributed by atoms with Crippen LogP contribution in [0.2, 0.25) is 0 Å². The van der Waals surface area contributed by atoms with E-state index in [1.807, 2.05) is 66.1 Å². The summed E-state index contributed by atoms with van der Waals surface area (Å²) in [5, 5.41) is 5.92. The Kier molecular flexibility index (Phi) is 6.98. The highest BCUT2D eigenvalue weighted by molar-refractivity contribution is 7.91. The molecule has 0 radical (unpaired) electrons.